The molecule has 1 aromatic carbocycles. The zero-order valence-electron chi connectivity index (χ0n) is 15.3. The molecule has 2 amide bonds. The van der Waals surface area contributed by atoms with Gasteiger partial charge in [0.15, 0.2) is 6.10 Å². The quantitative estimate of drug-likeness (QED) is 0.694. The molecule has 0 bridgehead atoms. The topological polar surface area (TPSA) is 98.5 Å². The number of benzene rings is 1. The third-order valence-corrected chi connectivity index (χ3v) is 4.83. The Hall–Kier alpha value is -2.37. The molecule has 6 nitrogen and oxygen atoms in total. The number of carbonyl (C=O) groups excluding carboxylic acids is 3. The lowest BCUT2D eigenvalue weighted by Gasteiger charge is -2.21. The van der Waals surface area contributed by atoms with Crippen LogP contribution in [0.3, 0.4) is 0 Å². The van der Waals surface area contributed by atoms with E-state index in [1.165, 1.54) is 44.2 Å². The van der Waals surface area contributed by atoms with Gasteiger partial charge in [-0.25, -0.2) is 0 Å². The molecule has 0 spiro atoms. The summed E-state index contributed by atoms with van der Waals surface area (Å²) < 4.78 is 5.21. The second kappa shape index (κ2) is 9.94. The molecule has 1 aromatic rings. The van der Waals surface area contributed by atoms with Gasteiger partial charge in [-0.3, -0.25) is 14.4 Å². The molecule has 1 aliphatic carbocycles. The lowest BCUT2D eigenvalue weighted by atomic mass is 9.86. The van der Waals surface area contributed by atoms with Crippen molar-refractivity contribution in [3.63, 3.8) is 0 Å². The van der Waals surface area contributed by atoms with Gasteiger partial charge in [-0.1, -0.05) is 32.1 Å². The van der Waals surface area contributed by atoms with Gasteiger partial charge < -0.3 is 15.8 Å². The number of amides is 2. The molecule has 0 aliphatic heterocycles. The Morgan fingerprint density at radius 1 is 1.15 bits per heavy atom. The van der Waals surface area contributed by atoms with Crippen molar-refractivity contribution in [1.29, 1.82) is 0 Å². The number of rotatable bonds is 8. The molecule has 1 atom stereocenters. The monoisotopic (exact) mass is 360 g/mol. The highest BCUT2D eigenvalue weighted by atomic mass is 16.5. The smallest absolute Gasteiger partial charge is 0.306 e. The Balaban J connectivity index is 1.69. The first-order valence-corrected chi connectivity index (χ1v) is 9.36. The van der Waals surface area contributed by atoms with Crippen LogP contribution in [0, 0.1) is 5.92 Å². The van der Waals surface area contributed by atoms with Crippen molar-refractivity contribution in [2.75, 3.05) is 5.32 Å². The van der Waals surface area contributed by atoms with E-state index in [4.69, 9.17) is 10.5 Å². The van der Waals surface area contributed by atoms with Gasteiger partial charge in [0.25, 0.3) is 5.91 Å². The summed E-state index contributed by atoms with van der Waals surface area (Å²) in [7, 11) is 0. The fraction of sp³-hybridized carbons (Fsp3) is 0.550. The Kier molecular flexibility index (Phi) is 7.63. The van der Waals surface area contributed by atoms with E-state index in [0.717, 1.165) is 18.8 Å². The van der Waals surface area contributed by atoms with Crippen LogP contribution in [0.4, 0.5) is 5.69 Å². The molecule has 1 saturated carbocycles. The van der Waals surface area contributed by atoms with Gasteiger partial charge in [0.05, 0.1) is 0 Å². The molecule has 26 heavy (non-hydrogen) atoms. The fourth-order valence-electron chi connectivity index (χ4n) is 3.28. The standard InChI is InChI=1S/C20H28N2O4/c1-14(20(25)22-17-12-10-16(11-13-17)19(21)24)26-18(23)9-5-8-15-6-3-2-4-7-15/h10-15H,2-9H2,1H3,(H2,21,24)(H,22,25)/t14-/m0/s1. The Morgan fingerprint density at radius 3 is 2.42 bits per heavy atom. The molecule has 6 heteroatoms. The summed E-state index contributed by atoms with van der Waals surface area (Å²) in [6, 6.07) is 6.22. The van der Waals surface area contributed by atoms with Crippen LogP contribution in [0.15, 0.2) is 24.3 Å². The number of nitrogens with one attached hydrogen (secondary N) is 1. The van der Waals surface area contributed by atoms with Crippen LogP contribution >= 0.6 is 0 Å². The van der Waals surface area contributed by atoms with Crippen LogP contribution in [0.25, 0.3) is 0 Å². The number of carbonyl (C=O) groups is 3. The van der Waals surface area contributed by atoms with Gasteiger partial charge >= 0.3 is 5.97 Å². The third-order valence-electron chi connectivity index (χ3n) is 4.83. The summed E-state index contributed by atoms with van der Waals surface area (Å²) in [5.41, 5.74) is 6.05. The van der Waals surface area contributed by atoms with Crippen LogP contribution < -0.4 is 11.1 Å². The number of primary amides is 1. The zero-order chi connectivity index (χ0) is 18.9. The first-order chi connectivity index (χ1) is 12.5. The number of hydrogen-bond acceptors (Lipinski definition) is 4. The normalized spacial score (nSPS) is 15.9. The minimum Gasteiger partial charge on any atom is -0.453 e. The molecular formula is C20H28N2O4. The fourth-order valence-corrected chi connectivity index (χ4v) is 3.28. The van der Waals surface area contributed by atoms with Crippen LogP contribution in [-0.4, -0.2) is 23.9 Å². The molecule has 3 N–H and O–H groups in total. The summed E-state index contributed by atoms with van der Waals surface area (Å²) in [5.74, 6) is -0.538. The van der Waals surface area contributed by atoms with E-state index in [-0.39, 0.29) is 5.97 Å². The highest BCUT2D eigenvalue weighted by molar-refractivity contribution is 5.96. The Labute approximate surface area is 154 Å². The molecule has 2 rings (SSSR count). The van der Waals surface area contributed by atoms with Gasteiger partial charge in [-0.2, -0.15) is 0 Å². The molecule has 0 saturated heterocycles. The van der Waals surface area contributed by atoms with Gasteiger partial charge in [0.2, 0.25) is 5.91 Å². The van der Waals surface area contributed by atoms with Crippen molar-refractivity contribution in [2.45, 2.75) is 64.4 Å². The largest absolute Gasteiger partial charge is 0.453 e. The van der Waals surface area contributed by atoms with E-state index in [9.17, 15) is 14.4 Å². The first kappa shape index (κ1) is 19.9. The van der Waals surface area contributed by atoms with Crippen molar-refractivity contribution in [2.24, 2.45) is 11.7 Å². The number of ether oxygens (including phenoxy) is 1. The van der Waals surface area contributed by atoms with E-state index >= 15 is 0 Å². The molecule has 1 fully saturated rings. The minimum absolute atomic E-state index is 0.340. The molecule has 0 heterocycles. The van der Waals surface area contributed by atoms with Crippen LogP contribution in [0.5, 0.6) is 0 Å². The number of nitrogens with two attached hydrogens (primary N) is 1. The maximum atomic E-state index is 12.1. The Morgan fingerprint density at radius 2 is 1.81 bits per heavy atom. The van der Waals surface area contributed by atoms with Gasteiger partial charge in [-0.05, 0) is 49.9 Å². The van der Waals surface area contributed by atoms with Gasteiger partial charge in [0.1, 0.15) is 0 Å². The van der Waals surface area contributed by atoms with E-state index < -0.39 is 17.9 Å². The van der Waals surface area contributed by atoms with E-state index in [1.807, 2.05) is 0 Å². The average Bonchev–Trinajstić information content (AvgIpc) is 2.63. The maximum absolute atomic E-state index is 12.1. The lowest BCUT2D eigenvalue weighted by Crippen LogP contribution is -2.30. The number of hydrogen-bond donors (Lipinski definition) is 2. The van der Waals surface area contributed by atoms with Crippen molar-refractivity contribution in [1.82, 2.24) is 0 Å². The third kappa shape index (κ3) is 6.50. The first-order valence-electron chi connectivity index (χ1n) is 9.36. The summed E-state index contributed by atoms with van der Waals surface area (Å²) >= 11 is 0. The van der Waals surface area contributed by atoms with Gasteiger partial charge in [0, 0.05) is 17.7 Å². The van der Waals surface area contributed by atoms with Crippen molar-refractivity contribution in [3.05, 3.63) is 29.8 Å². The predicted molar refractivity (Wildman–Crippen MR) is 99.6 cm³/mol. The second-order valence-electron chi connectivity index (χ2n) is 6.96. The van der Waals surface area contributed by atoms with E-state index in [1.54, 1.807) is 19.1 Å². The minimum atomic E-state index is -0.868. The molecule has 1 aliphatic rings. The zero-order valence-corrected chi connectivity index (χ0v) is 15.3. The molecule has 0 aromatic heterocycles. The van der Waals surface area contributed by atoms with Crippen LogP contribution in [-0.2, 0) is 14.3 Å². The molecule has 0 radical (unpaired) electrons. The second-order valence-corrected chi connectivity index (χ2v) is 6.96. The lowest BCUT2D eigenvalue weighted by molar-refractivity contribution is -0.153. The van der Waals surface area contributed by atoms with Crippen molar-refractivity contribution >= 4 is 23.5 Å². The summed E-state index contributed by atoms with van der Waals surface area (Å²) in [4.78, 5) is 35.1. The molecular weight excluding hydrogens is 332 g/mol. The SMILES string of the molecule is C[C@H](OC(=O)CCCC1CCCCC1)C(=O)Nc1ccc(C(N)=O)cc1. The van der Waals surface area contributed by atoms with Crippen molar-refractivity contribution in [3.8, 4) is 0 Å². The van der Waals surface area contributed by atoms with E-state index in [2.05, 4.69) is 5.32 Å². The van der Waals surface area contributed by atoms with Crippen LogP contribution in [0.1, 0.15) is 68.6 Å². The summed E-state index contributed by atoms with van der Waals surface area (Å²) in [6.45, 7) is 1.55. The molecule has 0 unspecified atom stereocenters. The Bertz CT molecular complexity index is 621. The highest BCUT2D eigenvalue weighted by Crippen LogP contribution is 2.27. The average molecular weight is 360 g/mol. The molecule has 142 valence electrons. The highest BCUT2D eigenvalue weighted by Gasteiger charge is 2.19. The number of anilines is 1. The van der Waals surface area contributed by atoms with Crippen LogP contribution in [0.2, 0.25) is 0 Å². The number of esters is 1. The van der Waals surface area contributed by atoms with Crippen molar-refractivity contribution < 1.29 is 19.1 Å². The summed E-state index contributed by atoms with van der Waals surface area (Å²) in [5, 5.41) is 2.65. The van der Waals surface area contributed by atoms with E-state index in [0.29, 0.717) is 17.7 Å². The summed E-state index contributed by atoms with van der Waals surface area (Å²) in [6.07, 6.45) is 7.81. The predicted octanol–water partition coefficient (Wildman–Crippen LogP) is 3.41. The van der Waals surface area contributed by atoms with Gasteiger partial charge in [-0.15, -0.1) is 0 Å². The maximum Gasteiger partial charge on any atom is 0.306 e.